The second kappa shape index (κ2) is 8.83. The molecule has 9 heteroatoms. The van der Waals surface area contributed by atoms with Gasteiger partial charge in [0.15, 0.2) is 11.5 Å². The molecular weight excluding hydrogens is 379 g/mol. The van der Waals surface area contributed by atoms with Gasteiger partial charge in [-0.1, -0.05) is 12.1 Å². The Hall–Kier alpha value is -2.94. The third-order valence-corrected chi connectivity index (χ3v) is 4.03. The van der Waals surface area contributed by atoms with Gasteiger partial charge in [0.2, 0.25) is 5.75 Å². The summed E-state index contributed by atoms with van der Waals surface area (Å²) in [7, 11) is 4.21. The van der Waals surface area contributed by atoms with Crippen molar-refractivity contribution >= 4 is 5.91 Å². The second-order valence-corrected chi connectivity index (χ2v) is 5.73. The molecule has 152 valence electrons. The zero-order chi connectivity index (χ0) is 20.9. The fraction of sp³-hybridized carbons (Fsp3) is 0.316. The number of aliphatic hydroxyl groups is 1. The molecular formula is C19H20F3NO5. The fourth-order valence-electron chi connectivity index (χ4n) is 2.58. The number of nitrogens with one attached hydrogen (secondary N) is 1. The molecule has 1 atom stereocenters. The lowest BCUT2D eigenvalue weighted by Gasteiger charge is -2.17. The first-order valence-electron chi connectivity index (χ1n) is 8.15. The molecule has 0 aliphatic heterocycles. The number of ether oxygens (including phenoxy) is 3. The van der Waals surface area contributed by atoms with Crippen molar-refractivity contribution in [1.29, 1.82) is 0 Å². The van der Waals surface area contributed by atoms with E-state index in [1.807, 2.05) is 0 Å². The highest BCUT2D eigenvalue weighted by atomic mass is 19.4. The molecule has 2 aromatic carbocycles. The van der Waals surface area contributed by atoms with Crippen molar-refractivity contribution in [2.24, 2.45) is 0 Å². The summed E-state index contributed by atoms with van der Waals surface area (Å²) in [5.74, 6) is 0.216. The van der Waals surface area contributed by atoms with Crippen molar-refractivity contribution in [3.05, 3.63) is 53.1 Å². The minimum absolute atomic E-state index is 0.153. The van der Waals surface area contributed by atoms with E-state index in [1.54, 1.807) is 0 Å². The van der Waals surface area contributed by atoms with Gasteiger partial charge >= 0.3 is 6.18 Å². The average molecular weight is 399 g/mol. The van der Waals surface area contributed by atoms with Gasteiger partial charge in [-0.3, -0.25) is 4.79 Å². The smallest absolute Gasteiger partial charge is 0.416 e. The second-order valence-electron chi connectivity index (χ2n) is 5.73. The lowest BCUT2D eigenvalue weighted by molar-refractivity contribution is -0.137. The Morgan fingerprint density at radius 1 is 1.00 bits per heavy atom. The topological polar surface area (TPSA) is 77.0 Å². The summed E-state index contributed by atoms with van der Waals surface area (Å²) in [6.45, 7) is -0.207. The van der Waals surface area contributed by atoms with Gasteiger partial charge in [-0.2, -0.15) is 13.2 Å². The molecule has 0 radical (unpaired) electrons. The van der Waals surface area contributed by atoms with Gasteiger partial charge in [-0.15, -0.1) is 0 Å². The summed E-state index contributed by atoms with van der Waals surface area (Å²) in [5, 5.41) is 12.7. The van der Waals surface area contributed by atoms with Crippen LogP contribution >= 0.6 is 0 Å². The lowest BCUT2D eigenvalue weighted by atomic mass is 10.1. The van der Waals surface area contributed by atoms with E-state index in [-0.39, 0.29) is 29.2 Å². The van der Waals surface area contributed by atoms with E-state index in [0.717, 1.165) is 24.3 Å². The zero-order valence-electron chi connectivity index (χ0n) is 15.5. The monoisotopic (exact) mass is 399 g/mol. The Kier molecular flexibility index (Phi) is 6.74. The zero-order valence-corrected chi connectivity index (χ0v) is 15.5. The molecule has 1 unspecified atom stereocenters. The standard InChI is InChI=1S/C19H20F3NO5/c1-26-15-9-8-13(16(27-2)17(15)28-3)18(25)23-10-14(24)11-4-6-12(7-5-11)19(20,21)22/h4-9,14,24H,10H2,1-3H3,(H,23,25). The van der Waals surface area contributed by atoms with Crippen LogP contribution in [0, 0.1) is 0 Å². The summed E-state index contributed by atoms with van der Waals surface area (Å²) in [6.07, 6.45) is -5.64. The van der Waals surface area contributed by atoms with Crippen LogP contribution in [0.3, 0.4) is 0 Å². The van der Waals surface area contributed by atoms with Crippen molar-refractivity contribution in [2.75, 3.05) is 27.9 Å². The fourth-order valence-corrected chi connectivity index (χ4v) is 2.58. The number of aliphatic hydroxyl groups excluding tert-OH is 1. The molecule has 28 heavy (non-hydrogen) atoms. The highest BCUT2D eigenvalue weighted by Crippen LogP contribution is 2.39. The number of halogens is 3. The summed E-state index contributed by atoms with van der Waals surface area (Å²) in [6, 6.07) is 7.07. The third kappa shape index (κ3) is 4.66. The predicted octanol–water partition coefficient (Wildman–Crippen LogP) is 3.19. The van der Waals surface area contributed by atoms with Crippen LogP contribution in [0.2, 0.25) is 0 Å². The molecule has 2 rings (SSSR count). The van der Waals surface area contributed by atoms with Gasteiger partial charge in [0.1, 0.15) is 0 Å². The number of hydrogen-bond acceptors (Lipinski definition) is 5. The quantitative estimate of drug-likeness (QED) is 0.748. The van der Waals surface area contributed by atoms with Crippen molar-refractivity contribution in [1.82, 2.24) is 5.32 Å². The minimum Gasteiger partial charge on any atom is -0.493 e. The Bertz CT molecular complexity index is 822. The first kappa shape index (κ1) is 21.4. The number of carbonyl (C=O) groups excluding carboxylic acids is 1. The molecule has 0 saturated heterocycles. The normalized spacial score (nSPS) is 12.2. The largest absolute Gasteiger partial charge is 0.493 e. The molecule has 0 saturated carbocycles. The van der Waals surface area contributed by atoms with Crippen LogP contribution in [0.4, 0.5) is 13.2 Å². The van der Waals surface area contributed by atoms with Crippen molar-refractivity contribution in [2.45, 2.75) is 12.3 Å². The van der Waals surface area contributed by atoms with E-state index >= 15 is 0 Å². The summed E-state index contributed by atoms with van der Waals surface area (Å²) < 4.78 is 53.4. The molecule has 0 spiro atoms. The minimum atomic E-state index is -4.46. The van der Waals surface area contributed by atoms with E-state index in [9.17, 15) is 23.1 Å². The number of rotatable bonds is 7. The van der Waals surface area contributed by atoms with Crippen molar-refractivity contribution < 1.29 is 37.3 Å². The van der Waals surface area contributed by atoms with Crippen LogP contribution in [0.15, 0.2) is 36.4 Å². The SMILES string of the molecule is COc1ccc(C(=O)NCC(O)c2ccc(C(F)(F)F)cc2)c(OC)c1OC. The Morgan fingerprint density at radius 2 is 1.61 bits per heavy atom. The summed E-state index contributed by atoms with van der Waals surface area (Å²) in [5.41, 5.74) is -0.421. The lowest BCUT2D eigenvalue weighted by Crippen LogP contribution is -2.28. The van der Waals surface area contributed by atoms with E-state index in [1.165, 1.54) is 33.5 Å². The number of alkyl halides is 3. The molecule has 0 heterocycles. The summed E-state index contributed by atoms with van der Waals surface area (Å²) >= 11 is 0. The highest BCUT2D eigenvalue weighted by molar-refractivity contribution is 5.98. The van der Waals surface area contributed by atoms with Crippen LogP contribution in [-0.2, 0) is 6.18 Å². The van der Waals surface area contributed by atoms with Gasteiger partial charge in [-0.25, -0.2) is 0 Å². The molecule has 0 aliphatic carbocycles. The molecule has 1 amide bonds. The molecule has 6 nitrogen and oxygen atoms in total. The third-order valence-electron chi connectivity index (χ3n) is 4.03. The van der Waals surface area contributed by atoms with Crippen LogP contribution < -0.4 is 19.5 Å². The number of amides is 1. The molecule has 0 fully saturated rings. The molecule has 0 bridgehead atoms. The van der Waals surface area contributed by atoms with Gasteiger partial charge in [0.25, 0.3) is 5.91 Å². The van der Waals surface area contributed by atoms with Crippen LogP contribution in [0.25, 0.3) is 0 Å². The van der Waals surface area contributed by atoms with E-state index in [4.69, 9.17) is 14.2 Å². The summed E-state index contributed by atoms with van der Waals surface area (Å²) in [4.78, 5) is 12.5. The van der Waals surface area contributed by atoms with Gasteiger partial charge in [0, 0.05) is 6.54 Å². The molecule has 0 aliphatic rings. The van der Waals surface area contributed by atoms with Crippen LogP contribution in [-0.4, -0.2) is 38.9 Å². The average Bonchev–Trinajstić information content (AvgIpc) is 2.69. The molecule has 0 aromatic heterocycles. The Labute approximate surface area is 159 Å². The first-order valence-corrected chi connectivity index (χ1v) is 8.15. The van der Waals surface area contributed by atoms with Gasteiger partial charge in [0.05, 0.1) is 38.6 Å². The van der Waals surface area contributed by atoms with Crippen molar-refractivity contribution in [3.63, 3.8) is 0 Å². The predicted molar refractivity (Wildman–Crippen MR) is 94.8 cm³/mol. The van der Waals surface area contributed by atoms with E-state index < -0.39 is 23.8 Å². The Morgan fingerprint density at radius 3 is 2.11 bits per heavy atom. The maximum absolute atomic E-state index is 12.6. The molecule has 2 aromatic rings. The number of benzene rings is 2. The van der Waals surface area contributed by atoms with Crippen LogP contribution in [0.1, 0.15) is 27.6 Å². The Balaban J connectivity index is 2.11. The van der Waals surface area contributed by atoms with E-state index in [2.05, 4.69) is 5.32 Å². The van der Waals surface area contributed by atoms with Crippen LogP contribution in [0.5, 0.6) is 17.2 Å². The molecule has 2 N–H and O–H groups in total. The van der Waals surface area contributed by atoms with Crippen molar-refractivity contribution in [3.8, 4) is 17.2 Å². The van der Waals surface area contributed by atoms with E-state index in [0.29, 0.717) is 5.75 Å². The van der Waals surface area contributed by atoms with Gasteiger partial charge < -0.3 is 24.6 Å². The highest BCUT2D eigenvalue weighted by Gasteiger charge is 2.30. The maximum Gasteiger partial charge on any atom is 0.416 e. The maximum atomic E-state index is 12.6. The van der Waals surface area contributed by atoms with Gasteiger partial charge in [-0.05, 0) is 29.8 Å². The number of carbonyl (C=O) groups is 1. The first-order chi connectivity index (χ1) is 13.2. The number of hydrogen-bond donors (Lipinski definition) is 2. The number of methoxy groups -OCH3 is 3.